The lowest BCUT2D eigenvalue weighted by molar-refractivity contribution is -0.116. The van der Waals surface area contributed by atoms with Crippen molar-refractivity contribution >= 4 is 23.4 Å². The van der Waals surface area contributed by atoms with E-state index >= 15 is 0 Å². The molecule has 0 unspecified atom stereocenters. The lowest BCUT2D eigenvalue weighted by atomic mass is 10.3. The highest BCUT2D eigenvalue weighted by Crippen LogP contribution is 2.29. The molecule has 1 amide bonds. The zero-order chi connectivity index (χ0) is 15.2. The Hall–Kier alpha value is -2.10. The number of tetrazole rings is 1. The number of carbonyl (C=O) groups is 1. The molecule has 2 rings (SSSR count). The van der Waals surface area contributed by atoms with Gasteiger partial charge in [0.05, 0.1) is 11.4 Å². The number of hydrogen-bond donors (Lipinski definition) is 1. The molecule has 0 saturated carbocycles. The van der Waals surface area contributed by atoms with E-state index < -0.39 is 23.9 Å². The summed E-state index contributed by atoms with van der Waals surface area (Å²) < 4.78 is 38.9. The van der Waals surface area contributed by atoms with Crippen LogP contribution in [0.3, 0.4) is 0 Å². The lowest BCUT2D eigenvalue weighted by Crippen LogP contribution is -2.19. The summed E-state index contributed by atoms with van der Waals surface area (Å²) in [5.74, 6) is -1.51. The second-order valence-corrected chi connectivity index (χ2v) is 4.96. The fraction of sp³-hybridized carbons (Fsp3) is 0.273. The standard InChI is InChI=1S/C11H10F3N5OS/c12-7-1-2-9(21-5-10(13)14)8(3-7)16-11(20)4-19-6-15-17-18-19/h1-3,6,10H,4-5H2,(H,16,20). The molecule has 21 heavy (non-hydrogen) atoms. The maximum absolute atomic E-state index is 13.2. The summed E-state index contributed by atoms with van der Waals surface area (Å²) >= 11 is 0.835. The molecular weight excluding hydrogens is 307 g/mol. The molecule has 0 spiro atoms. The van der Waals surface area contributed by atoms with Gasteiger partial charge < -0.3 is 5.32 Å². The third kappa shape index (κ3) is 4.74. The Labute approximate surface area is 121 Å². The van der Waals surface area contributed by atoms with Gasteiger partial charge in [-0.15, -0.1) is 16.9 Å². The molecule has 0 atom stereocenters. The Balaban J connectivity index is 2.06. The molecule has 0 aliphatic heterocycles. The molecule has 0 fully saturated rings. The van der Waals surface area contributed by atoms with Crippen molar-refractivity contribution in [3.63, 3.8) is 0 Å². The van der Waals surface area contributed by atoms with Crippen molar-refractivity contribution < 1.29 is 18.0 Å². The zero-order valence-corrected chi connectivity index (χ0v) is 11.4. The molecule has 1 N–H and O–H groups in total. The van der Waals surface area contributed by atoms with Gasteiger partial charge in [-0.2, -0.15) is 0 Å². The van der Waals surface area contributed by atoms with E-state index in [1.807, 2.05) is 0 Å². The Bertz CT molecular complexity index is 608. The summed E-state index contributed by atoms with van der Waals surface area (Å²) in [5.41, 5.74) is 0.138. The number of hydrogen-bond acceptors (Lipinski definition) is 5. The predicted octanol–water partition coefficient (Wildman–Crippen LogP) is 1.81. The first-order valence-electron chi connectivity index (χ1n) is 5.75. The van der Waals surface area contributed by atoms with Gasteiger partial charge in [0.25, 0.3) is 0 Å². The summed E-state index contributed by atoms with van der Waals surface area (Å²) in [4.78, 5) is 12.1. The maximum Gasteiger partial charge on any atom is 0.247 e. The molecule has 0 bridgehead atoms. The third-order valence-electron chi connectivity index (χ3n) is 2.28. The van der Waals surface area contributed by atoms with E-state index in [0.717, 1.165) is 23.9 Å². The topological polar surface area (TPSA) is 72.7 Å². The summed E-state index contributed by atoms with van der Waals surface area (Å²) in [6.45, 7) is -0.164. The minimum Gasteiger partial charge on any atom is -0.323 e. The number of benzene rings is 1. The monoisotopic (exact) mass is 317 g/mol. The molecule has 2 aromatic rings. The van der Waals surface area contributed by atoms with Crippen LogP contribution in [0.15, 0.2) is 29.4 Å². The summed E-state index contributed by atoms with van der Waals surface area (Å²) in [7, 11) is 0. The van der Waals surface area contributed by atoms with Crippen LogP contribution in [-0.4, -0.2) is 38.3 Å². The lowest BCUT2D eigenvalue weighted by Gasteiger charge is -2.10. The van der Waals surface area contributed by atoms with Crippen LogP contribution in [0.1, 0.15) is 0 Å². The van der Waals surface area contributed by atoms with E-state index in [1.165, 1.54) is 17.1 Å². The number of anilines is 1. The quantitative estimate of drug-likeness (QED) is 0.823. The Kier molecular flexibility index (Phi) is 5.14. The van der Waals surface area contributed by atoms with Gasteiger partial charge in [-0.1, -0.05) is 0 Å². The van der Waals surface area contributed by atoms with Gasteiger partial charge in [0, 0.05) is 4.90 Å². The van der Waals surface area contributed by atoms with Crippen LogP contribution < -0.4 is 5.32 Å². The summed E-state index contributed by atoms with van der Waals surface area (Å²) in [6, 6.07) is 3.56. The number of rotatable bonds is 6. The smallest absolute Gasteiger partial charge is 0.247 e. The van der Waals surface area contributed by atoms with Gasteiger partial charge in [0.2, 0.25) is 12.3 Å². The molecular formula is C11H10F3N5OS. The van der Waals surface area contributed by atoms with Crippen molar-refractivity contribution in [1.29, 1.82) is 0 Å². The highest BCUT2D eigenvalue weighted by molar-refractivity contribution is 7.99. The molecule has 1 aromatic heterocycles. The number of aromatic nitrogens is 4. The average molecular weight is 317 g/mol. The van der Waals surface area contributed by atoms with Gasteiger partial charge in [-0.3, -0.25) is 4.79 Å². The van der Waals surface area contributed by atoms with Crippen LogP contribution in [0.2, 0.25) is 0 Å². The van der Waals surface area contributed by atoms with Crippen molar-refractivity contribution in [2.24, 2.45) is 0 Å². The number of halogens is 3. The molecule has 0 radical (unpaired) electrons. The molecule has 1 aromatic carbocycles. The van der Waals surface area contributed by atoms with Gasteiger partial charge in [-0.05, 0) is 28.6 Å². The molecule has 112 valence electrons. The predicted molar refractivity (Wildman–Crippen MR) is 69.6 cm³/mol. The maximum atomic E-state index is 13.2. The van der Waals surface area contributed by atoms with E-state index in [2.05, 4.69) is 20.8 Å². The normalized spacial score (nSPS) is 10.9. The van der Waals surface area contributed by atoms with Crippen LogP contribution in [0.5, 0.6) is 0 Å². The highest BCUT2D eigenvalue weighted by atomic mass is 32.2. The fourth-order valence-corrected chi connectivity index (χ4v) is 2.20. The number of amides is 1. The van der Waals surface area contributed by atoms with Crippen molar-refractivity contribution in [1.82, 2.24) is 20.2 Å². The minimum absolute atomic E-state index is 0.138. The highest BCUT2D eigenvalue weighted by Gasteiger charge is 2.12. The Morgan fingerprint density at radius 3 is 2.90 bits per heavy atom. The van der Waals surface area contributed by atoms with Crippen LogP contribution >= 0.6 is 11.8 Å². The molecule has 10 heteroatoms. The summed E-state index contributed by atoms with van der Waals surface area (Å²) in [6.07, 6.45) is -1.25. The SMILES string of the molecule is O=C(Cn1cnnn1)Nc1cc(F)ccc1SCC(F)F. The average Bonchev–Trinajstić information content (AvgIpc) is 2.90. The fourth-order valence-electron chi connectivity index (χ4n) is 1.47. The van der Waals surface area contributed by atoms with Gasteiger partial charge >= 0.3 is 0 Å². The molecule has 1 heterocycles. The van der Waals surface area contributed by atoms with Gasteiger partial charge in [0.15, 0.2) is 0 Å². The van der Waals surface area contributed by atoms with E-state index in [4.69, 9.17) is 0 Å². The van der Waals surface area contributed by atoms with E-state index in [9.17, 15) is 18.0 Å². The van der Waals surface area contributed by atoms with Gasteiger partial charge in [0.1, 0.15) is 18.7 Å². The van der Waals surface area contributed by atoms with Crippen LogP contribution in [-0.2, 0) is 11.3 Å². The zero-order valence-electron chi connectivity index (χ0n) is 10.5. The second kappa shape index (κ2) is 7.07. The van der Waals surface area contributed by atoms with Crippen molar-refractivity contribution in [3.8, 4) is 0 Å². The molecule has 0 saturated heterocycles. The van der Waals surface area contributed by atoms with E-state index in [1.54, 1.807) is 0 Å². The Morgan fingerprint density at radius 2 is 2.24 bits per heavy atom. The third-order valence-corrected chi connectivity index (χ3v) is 3.36. The largest absolute Gasteiger partial charge is 0.323 e. The first-order valence-corrected chi connectivity index (χ1v) is 6.74. The van der Waals surface area contributed by atoms with Gasteiger partial charge in [-0.25, -0.2) is 17.9 Å². The number of nitrogens with one attached hydrogen (secondary N) is 1. The van der Waals surface area contributed by atoms with Crippen molar-refractivity contribution in [3.05, 3.63) is 30.3 Å². The Morgan fingerprint density at radius 1 is 1.43 bits per heavy atom. The van der Waals surface area contributed by atoms with Crippen LogP contribution in [0.25, 0.3) is 0 Å². The number of carbonyl (C=O) groups excluding carboxylic acids is 1. The van der Waals surface area contributed by atoms with Crippen molar-refractivity contribution in [2.45, 2.75) is 17.9 Å². The first kappa shape index (κ1) is 15.3. The first-order chi connectivity index (χ1) is 10.0. The minimum atomic E-state index is -2.50. The van der Waals surface area contributed by atoms with Crippen LogP contribution in [0, 0.1) is 5.82 Å². The molecule has 0 aliphatic carbocycles. The molecule has 0 aliphatic rings. The number of thioether (sulfide) groups is 1. The molecule has 6 nitrogen and oxygen atoms in total. The van der Waals surface area contributed by atoms with E-state index in [-0.39, 0.29) is 12.2 Å². The number of alkyl halides is 2. The van der Waals surface area contributed by atoms with Crippen LogP contribution in [0.4, 0.5) is 18.9 Å². The second-order valence-electron chi connectivity index (χ2n) is 3.90. The van der Waals surface area contributed by atoms with E-state index in [0.29, 0.717) is 4.90 Å². The number of nitrogens with zero attached hydrogens (tertiary/aromatic N) is 4. The summed E-state index contributed by atoms with van der Waals surface area (Å²) in [5, 5.41) is 12.7. The van der Waals surface area contributed by atoms with Crippen molar-refractivity contribution in [2.75, 3.05) is 11.1 Å².